The van der Waals surface area contributed by atoms with E-state index < -0.39 is 0 Å². The highest BCUT2D eigenvalue weighted by Gasteiger charge is 1.97. The zero-order valence-electron chi connectivity index (χ0n) is 5.47. The maximum Gasteiger partial charge on any atom is 0.137 e. The lowest BCUT2D eigenvalue weighted by molar-refractivity contribution is 1.24. The Kier molecular flexibility index (Phi) is 2.56. The number of halogens is 1. The van der Waals surface area contributed by atoms with E-state index in [0.717, 1.165) is 9.37 Å². The molecule has 0 saturated carbocycles. The summed E-state index contributed by atoms with van der Waals surface area (Å²) in [6.45, 7) is 0. The lowest BCUT2D eigenvalue weighted by atomic mass is 10.5. The average molecular weight is 219 g/mol. The Balaban J connectivity index is 3.09. The molecule has 0 spiro atoms. The van der Waals surface area contributed by atoms with E-state index >= 15 is 0 Å². The minimum atomic E-state index is 0.593. The van der Waals surface area contributed by atoms with Gasteiger partial charge < -0.3 is 5.73 Å². The molecular weight excluding hydrogens is 212 g/mol. The van der Waals surface area contributed by atoms with E-state index in [1.54, 1.807) is 18.0 Å². The predicted octanol–water partition coefficient (Wildman–Crippen LogP) is 2.15. The highest BCUT2D eigenvalue weighted by Crippen LogP contribution is 2.23. The summed E-state index contributed by atoms with van der Waals surface area (Å²) in [7, 11) is 0. The molecule has 0 saturated heterocycles. The number of thioether (sulfide) groups is 1. The van der Waals surface area contributed by atoms with E-state index in [0.29, 0.717) is 5.82 Å². The van der Waals surface area contributed by atoms with Gasteiger partial charge in [-0.2, -0.15) is 0 Å². The molecule has 0 fully saturated rings. The molecule has 10 heavy (non-hydrogen) atoms. The fourth-order valence-corrected chi connectivity index (χ4v) is 1.58. The van der Waals surface area contributed by atoms with Gasteiger partial charge in [0.05, 0.1) is 4.90 Å². The number of rotatable bonds is 1. The molecule has 0 aliphatic carbocycles. The van der Waals surface area contributed by atoms with Gasteiger partial charge in [0, 0.05) is 10.7 Å². The third-order valence-electron chi connectivity index (χ3n) is 1.07. The number of nitrogens with zero attached hydrogens (tertiary/aromatic N) is 1. The zero-order chi connectivity index (χ0) is 7.56. The van der Waals surface area contributed by atoms with Crippen LogP contribution in [0.2, 0.25) is 0 Å². The van der Waals surface area contributed by atoms with Gasteiger partial charge in [0.25, 0.3) is 0 Å². The van der Waals surface area contributed by atoms with Crippen molar-refractivity contribution in [2.45, 2.75) is 4.90 Å². The van der Waals surface area contributed by atoms with Crippen LogP contribution in [-0.2, 0) is 0 Å². The van der Waals surface area contributed by atoms with E-state index in [-0.39, 0.29) is 0 Å². The number of nitrogen functional groups attached to an aromatic ring is 1. The van der Waals surface area contributed by atoms with Crippen LogP contribution in [0, 0.1) is 0 Å². The lowest BCUT2D eigenvalue weighted by Gasteiger charge is -1.99. The molecule has 0 unspecified atom stereocenters. The van der Waals surface area contributed by atoms with Crippen molar-refractivity contribution >= 4 is 33.5 Å². The smallest absolute Gasteiger partial charge is 0.137 e. The van der Waals surface area contributed by atoms with E-state index in [4.69, 9.17) is 5.73 Å². The molecule has 1 heterocycles. The van der Waals surface area contributed by atoms with Crippen molar-refractivity contribution in [3.8, 4) is 0 Å². The van der Waals surface area contributed by atoms with Gasteiger partial charge in [-0.3, -0.25) is 0 Å². The second kappa shape index (κ2) is 3.25. The number of hydrogen-bond acceptors (Lipinski definition) is 3. The summed E-state index contributed by atoms with van der Waals surface area (Å²) in [6.07, 6.45) is 3.66. The van der Waals surface area contributed by atoms with E-state index in [9.17, 15) is 0 Å². The second-order valence-electron chi connectivity index (χ2n) is 1.74. The predicted molar refractivity (Wildman–Crippen MR) is 48.1 cm³/mol. The highest BCUT2D eigenvalue weighted by atomic mass is 79.9. The Morgan fingerprint density at radius 1 is 1.70 bits per heavy atom. The van der Waals surface area contributed by atoms with Gasteiger partial charge in [0.2, 0.25) is 0 Å². The van der Waals surface area contributed by atoms with Crippen LogP contribution in [0.25, 0.3) is 0 Å². The van der Waals surface area contributed by atoms with Crippen molar-refractivity contribution in [1.29, 1.82) is 0 Å². The standard InChI is InChI=1S/C6H7BrN2S/c1-10-5-2-4(7)3-9-6(5)8/h2-3H,1H3,(H2,8,9). The fourth-order valence-electron chi connectivity index (χ4n) is 0.595. The van der Waals surface area contributed by atoms with Gasteiger partial charge in [-0.05, 0) is 28.3 Å². The van der Waals surface area contributed by atoms with E-state index in [1.165, 1.54) is 0 Å². The molecule has 0 aliphatic rings. The Morgan fingerprint density at radius 3 is 2.90 bits per heavy atom. The molecule has 1 aromatic rings. The number of pyridine rings is 1. The van der Waals surface area contributed by atoms with Crippen molar-refractivity contribution < 1.29 is 0 Å². The van der Waals surface area contributed by atoms with Crippen LogP contribution < -0.4 is 5.73 Å². The first kappa shape index (κ1) is 7.88. The van der Waals surface area contributed by atoms with Crippen molar-refractivity contribution in [3.63, 3.8) is 0 Å². The highest BCUT2D eigenvalue weighted by molar-refractivity contribution is 9.10. The number of nitrogens with two attached hydrogens (primary N) is 1. The molecule has 0 bridgehead atoms. The first-order valence-corrected chi connectivity index (χ1v) is 4.71. The van der Waals surface area contributed by atoms with Crippen LogP contribution in [0.4, 0.5) is 5.82 Å². The summed E-state index contributed by atoms with van der Waals surface area (Å²) in [4.78, 5) is 4.97. The molecule has 2 N–H and O–H groups in total. The Bertz CT molecular complexity index is 239. The second-order valence-corrected chi connectivity index (χ2v) is 3.50. The molecule has 1 rings (SSSR count). The van der Waals surface area contributed by atoms with Crippen molar-refractivity contribution in [3.05, 3.63) is 16.7 Å². The van der Waals surface area contributed by atoms with E-state index in [2.05, 4.69) is 20.9 Å². The Labute approximate surface area is 72.3 Å². The maximum absolute atomic E-state index is 5.55. The van der Waals surface area contributed by atoms with Gasteiger partial charge in [0.1, 0.15) is 5.82 Å². The molecule has 0 atom stereocenters. The maximum atomic E-state index is 5.55. The first-order valence-electron chi connectivity index (χ1n) is 2.69. The first-order chi connectivity index (χ1) is 4.74. The van der Waals surface area contributed by atoms with Crippen LogP contribution in [0.3, 0.4) is 0 Å². The van der Waals surface area contributed by atoms with Crippen LogP contribution in [0.1, 0.15) is 0 Å². The molecule has 54 valence electrons. The van der Waals surface area contributed by atoms with Gasteiger partial charge in [-0.1, -0.05) is 0 Å². The van der Waals surface area contributed by atoms with Gasteiger partial charge in [-0.15, -0.1) is 11.8 Å². The van der Waals surface area contributed by atoms with Crippen molar-refractivity contribution in [1.82, 2.24) is 4.98 Å². The van der Waals surface area contributed by atoms with Gasteiger partial charge in [-0.25, -0.2) is 4.98 Å². The van der Waals surface area contributed by atoms with Crippen molar-refractivity contribution in [2.24, 2.45) is 0 Å². The molecular formula is C6H7BrN2S. The lowest BCUT2D eigenvalue weighted by Crippen LogP contribution is -1.91. The molecule has 0 amide bonds. The SMILES string of the molecule is CSc1cc(Br)cnc1N. The summed E-state index contributed by atoms with van der Waals surface area (Å²) >= 11 is 4.90. The van der Waals surface area contributed by atoms with Crippen molar-refractivity contribution in [2.75, 3.05) is 12.0 Å². The number of hydrogen-bond donors (Lipinski definition) is 1. The number of anilines is 1. The Hall–Kier alpha value is -0.220. The normalized spacial score (nSPS) is 9.80. The largest absolute Gasteiger partial charge is 0.383 e. The molecule has 0 aliphatic heterocycles. The van der Waals surface area contributed by atoms with Gasteiger partial charge in [0.15, 0.2) is 0 Å². The monoisotopic (exact) mass is 218 g/mol. The molecule has 0 radical (unpaired) electrons. The average Bonchev–Trinajstić information content (AvgIpc) is 1.94. The Morgan fingerprint density at radius 2 is 2.40 bits per heavy atom. The zero-order valence-corrected chi connectivity index (χ0v) is 7.87. The minimum absolute atomic E-state index is 0.593. The quantitative estimate of drug-likeness (QED) is 0.735. The summed E-state index contributed by atoms with van der Waals surface area (Å²) < 4.78 is 0.964. The van der Waals surface area contributed by atoms with E-state index in [1.807, 2.05) is 12.3 Å². The van der Waals surface area contributed by atoms with Crippen LogP contribution in [-0.4, -0.2) is 11.2 Å². The summed E-state index contributed by atoms with van der Waals surface area (Å²) in [5.41, 5.74) is 5.55. The van der Waals surface area contributed by atoms with Crippen LogP contribution >= 0.6 is 27.7 Å². The molecule has 1 aromatic heterocycles. The minimum Gasteiger partial charge on any atom is -0.383 e. The van der Waals surface area contributed by atoms with Crippen LogP contribution in [0.5, 0.6) is 0 Å². The third-order valence-corrected chi connectivity index (χ3v) is 2.27. The number of aromatic nitrogens is 1. The summed E-state index contributed by atoms with van der Waals surface area (Å²) in [6, 6.07) is 1.95. The summed E-state index contributed by atoms with van der Waals surface area (Å²) in [5, 5.41) is 0. The van der Waals surface area contributed by atoms with Gasteiger partial charge >= 0.3 is 0 Å². The fraction of sp³-hybridized carbons (Fsp3) is 0.167. The summed E-state index contributed by atoms with van der Waals surface area (Å²) in [5.74, 6) is 0.593. The molecule has 2 nitrogen and oxygen atoms in total. The molecule has 0 aromatic carbocycles. The van der Waals surface area contributed by atoms with Crippen LogP contribution in [0.15, 0.2) is 21.6 Å². The molecule has 4 heteroatoms. The third kappa shape index (κ3) is 1.64. The topological polar surface area (TPSA) is 38.9 Å².